The quantitative estimate of drug-likeness (QED) is 0.291. The van der Waals surface area contributed by atoms with Crippen molar-refractivity contribution in [3.63, 3.8) is 0 Å². The summed E-state index contributed by atoms with van der Waals surface area (Å²) in [6.07, 6.45) is 2.27. The van der Waals surface area contributed by atoms with Crippen LogP contribution < -0.4 is 21.2 Å². The smallest absolute Gasteiger partial charge is 0.278 e. The van der Waals surface area contributed by atoms with E-state index in [1.165, 1.54) is 15.0 Å². The Morgan fingerprint density at radius 1 is 1.44 bits per heavy atom. The Balaban J connectivity index is 2.16. The van der Waals surface area contributed by atoms with E-state index in [2.05, 4.69) is 10.3 Å². The van der Waals surface area contributed by atoms with Gasteiger partial charge in [0, 0.05) is 26.5 Å². The number of nitrogens with two attached hydrogens (primary N) is 1. The van der Waals surface area contributed by atoms with Gasteiger partial charge in [-0.1, -0.05) is 11.1 Å². The fourth-order valence-corrected chi connectivity index (χ4v) is 2.92. The van der Waals surface area contributed by atoms with Crippen molar-refractivity contribution >= 4 is 28.4 Å². The summed E-state index contributed by atoms with van der Waals surface area (Å²) in [5, 5.41) is 12.4. The molecule has 0 bridgehead atoms. The van der Waals surface area contributed by atoms with Crippen LogP contribution >= 0.6 is 0 Å². The number of amides is 1. The van der Waals surface area contributed by atoms with E-state index in [-0.39, 0.29) is 35.5 Å². The molecule has 4 N–H and O–H groups in total. The molecule has 3 rings (SSSR count). The minimum atomic E-state index is -0.394. The molecule has 0 saturated carbocycles. The zero-order chi connectivity index (χ0) is 19.4. The van der Waals surface area contributed by atoms with Crippen molar-refractivity contribution < 1.29 is 19.2 Å². The van der Waals surface area contributed by atoms with Crippen molar-refractivity contribution in [1.82, 2.24) is 14.7 Å². The van der Waals surface area contributed by atoms with Crippen molar-refractivity contribution in [1.29, 1.82) is 0 Å². The number of aliphatic hydroxyl groups is 1. The third kappa shape index (κ3) is 3.60. The van der Waals surface area contributed by atoms with E-state index < -0.39 is 5.91 Å². The van der Waals surface area contributed by atoms with Gasteiger partial charge in [0.1, 0.15) is 10.9 Å². The van der Waals surface area contributed by atoms with Gasteiger partial charge in [-0.3, -0.25) is 14.0 Å². The Labute approximate surface area is 155 Å². The van der Waals surface area contributed by atoms with E-state index in [1.807, 2.05) is 0 Å². The van der Waals surface area contributed by atoms with E-state index in [0.717, 1.165) is 0 Å². The third-order valence-electron chi connectivity index (χ3n) is 4.24. The molecule has 0 spiro atoms. The number of ether oxygens (including phenoxy) is 1. The largest absolute Gasteiger partial charge is 0.393 e. The summed E-state index contributed by atoms with van der Waals surface area (Å²) >= 11 is 0. The van der Waals surface area contributed by atoms with Crippen LogP contribution in [0.2, 0.25) is 0 Å². The number of aliphatic hydroxyl groups excluding tert-OH is 1. The van der Waals surface area contributed by atoms with Crippen LogP contribution in [0.3, 0.4) is 0 Å². The number of fused-ring (bicyclic) bond motifs is 2. The van der Waals surface area contributed by atoms with Gasteiger partial charge in [-0.25, -0.2) is 4.57 Å². The molecule has 9 heteroatoms. The molecule has 1 amide bonds. The highest BCUT2D eigenvalue weighted by Crippen LogP contribution is 2.14. The molecule has 0 atom stereocenters. The predicted molar refractivity (Wildman–Crippen MR) is 99.5 cm³/mol. The second-order valence-electron chi connectivity index (χ2n) is 6.00. The number of nitrogens with one attached hydrogen (secondary N) is 1. The number of hydrogen-bond acceptors (Lipinski definition) is 6. The Morgan fingerprint density at radius 3 is 3.00 bits per heavy atom. The molecule has 9 nitrogen and oxygen atoms in total. The molecule has 0 radical (unpaired) electrons. The molecule has 3 aromatic rings. The number of hydrogen-bond donors (Lipinski definition) is 3. The molecule has 0 unspecified atom stereocenters. The highest BCUT2D eigenvalue weighted by molar-refractivity contribution is 6.00. The van der Waals surface area contributed by atoms with Crippen molar-refractivity contribution in [2.45, 2.75) is 13.0 Å². The number of pyridine rings is 2. The number of aromatic nitrogens is 3. The molecule has 0 saturated heterocycles. The third-order valence-corrected chi connectivity index (χ3v) is 4.24. The monoisotopic (exact) mass is 372 g/mol. The molecular formula is C18H22N5O4+. The van der Waals surface area contributed by atoms with Gasteiger partial charge in [0.05, 0.1) is 13.2 Å². The molecule has 27 heavy (non-hydrogen) atoms. The maximum absolute atomic E-state index is 12.9. The van der Waals surface area contributed by atoms with Crippen LogP contribution in [0.1, 0.15) is 16.8 Å². The van der Waals surface area contributed by atoms with Crippen LogP contribution in [0.15, 0.2) is 35.3 Å². The summed E-state index contributed by atoms with van der Waals surface area (Å²) in [6.45, 7) is 0.843. The van der Waals surface area contributed by atoms with Crippen LogP contribution in [-0.4, -0.2) is 47.3 Å². The SMILES string of the molecule is COCCCNC(=O)c1cc2c(=O)n3ccccc3nc2[n+](CCO)c1N. The van der Waals surface area contributed by atoms with Gasteiger partial charge >= 0.3 is 0 Å². The standard InChI is InChI=1S/C18H21N5O4/c1-27-10-4-6-20-17(25)12-11-13-16(23(8-9-24)15(12)19)21-14-5-2-3-7-22(14)18(13)26/h2-3,5,7,11,19,24H,4,6,8-10H2,1H3,(H,20,25)/p+1. The molecule has 0 aliphatic carbocycles. The van der Waals surface area contributed by atoms with Crippen LogP contribution in [-0.2, 0) is 11.3 Å². The molecule has 3 aromatic heterocycles. The lowest BCUT2D eigenvalue weighted by Crippen LogP contribution is -2.44. The molecule has 0 aliphatic heterocycles. The lowest BCUT2D eigenvalue weighted by atomic mass is 10.1. The van der Waals surface area contributed by atoms with Gasteiger partial charge in [-0.15, -0.1) is 0 Å². The summed E-state index contributed by atoms with van der Waals surface area (Å²) in [7, 11) is 1.59. The highest BCUT2D eigenvalue weighted by atomic mass is 16.5. The zero-order valence-corrected chi connectivity index (χ0v) is 15.0. The number of nitrogens with zero attached hydrogens (tertiary/aromatic N) is 3. The minimum Gasteiger partial charge on any atom is -0.393 e. The van der Waals surface area contributed by atoms with Crippen molar-refractivity contribution in [3.8, 4) is 0 Å². The number of carbonyl (C=O) groups is 1. The van der Waals surface area contributed by atoms with E-state index in [9.17, 15) is 14.7 Å². The van der Waals surface area contributed by atoms with Crippen LogP contribution in [0.5, 0.6) is 0 Å². The normalized spacial score (nSPS) is 11.2. The van der Waals surface area contributed by atoms with Crippen LogP contribution in [0.25, 0.3) is 16.7 Å². The summed E-state index contributed by atoms with van der Waals surface area (Å²) in [6, 6.07) is 6.66. The second kappa shape index (κ2) is 8.11. The van der Waals surface area contributed by atoms with Gasteiger partial charge < -0.3 is 20.9 Å². The van der Waals surface area contributed by atoms with Crippen LogP contribution in [0.4, 0.5) is 5.82 Å². The second-order valence-corrected chi connectivity index (χ2v) is 6.00. The number of anilines is 1. The minimum absolute atomic E-state index is 0.114. The molecule has 0 aromatic carbocycles. The Kier molecular flexibility index (Phi) is 5.63. The molecular weight excluding hydrogens is 350 g/mol. The predicted octanol–water partition coefficient (Wildman–Crippen LogP) is -0.524. The fraction of sp³-hybridized carbons (Fsp3) is 0.333. The molecule has 0 fully saturated rings. The Hall–Kier alpha value is -3.04. The summed E-state index contributed by atoms with van der Waals surface area (Å²) in [5.74, 6) is -0.247. The maximum atomic E-state index is 12.9. The summed E-state index contributed by atoms with van der Waals surface area (Å²) < 4.78 is 7.86. The van der Waals surface area contributed by atoms with E-state index in [0.29, 0.717) is 30.9 Å². The number of methoxy groups -OCH3 is 1. The van der Waals surface area contributed by atoms with Gasteiger partial charge in [-0.2, -0.15) is 0 Å². The first kappa shape index (κ1) is 18.7. The van der Waals surface area contributed by atoms with Gasteiger partial charge in [-0.05, 0) is 24.6 Å². The summed E-state index contributed by atoms with van der Waals surface area (Å²) in [4.78, 5) is 29.9. The lowest BCUT2D eigenvalue weighted by molar-refractivity contribution is -0.660. The number of rotatable bonds is 7. The van der Waals surface area contributed by atoms with Crippen LogP contribution in [0, 0.1) is 0 Å². The molecule has 142 valence electrons. The molecule has 0 aliphatic rings. The lowest BCUT2D eigenvalue weighted by Gasteiger charge is -2.11. The van der Waals surface area contributed by atoms with Gasteiger partial charge in [0.2, 0.25) is 11.5 Å². The maximum Gasteiger partial charge on any atom is 0.278 e. The Bertz CT molecular complexity index is 1050. The topological polar surface area (TPSA) is 123 Å². The average Bonchev–Trinajstić information content (AvgIpc) is 2.67. The highest BCUT2D eigenvalue weighted by Gasteiger charge is 2.23. The van der Waals surface area contributed by atoms with E-state index in [1.54, 1.807) is 31.5 Å². The van der Waals surface area contributed by atoms with Gasteiger partial charge in [0.15, 0.2) is 0 Å². The Morgan fingerprint density at radius 2 is 2.26 bits per heavy atom. The first-order valence-electron chi connectivity index (χ1n) is 8.60. The first-order valence-corrected chi connectivity index (χ1v) is 8.60. The van der Waals surface area contributed by atoms with E-state index >= 15 is 0 Å². The number of nitrogen functional groups attached to an aromatic ring is 1. The first-order chi connectivity index (χ1) is 13.1. The molecule has 3 heterocycles. The fourth-order valence-electron chi connectivity index (χ4n) is 2.92. The summed E-state index contributed by atoms with van der Waals surface area (Å²) in [5.41, 5.74) is 6.82. The van der Waals surface area contributed by atoms with Crippen molar-refractivity contribution in [2.24, 2.45) is 0 Å². The zero-order valence-electron chi connectivity index (χ0n) is 15.0. The van der Waals surface area contributed by atoms with Crippen molar-refractivity contribution in [3.05, 3.63) is 46.4 Å². The van der Waals surface area contributed by atoms with Gasteiger partial charge in [0.25, 0.3) is 17.1 Å². The average molecular weight is 372 g/mol. The number of carbonyl (C=O) groups excluding carboxylic acids is 1. The van der Waals surface area contributed by atoms with E-state index in [4.69, 9.17) is 10.5 Å². The van der Waals surface area contributed by atoms with Crippen molar-refractivity contribution in [2.75, 3.05) is 32.6 Å².